The normalized spacial score (nSPS) is 16.5. The first-order valence-electron chi connectivity index (χ1n) is 8.67. The van der Waals surface area contributed by atoms with Gasteiger partial charge in [0.15, 0.2) is 5.13 Å². The largest absolute Gasteiger partial charge is 0.350 e. The fraction of sp³-hybridized carbons (Fsp3) is 0.263. The lowest BCUT2D eigenvalue weighted by Crippen LogP contribution is -2.43. The quantitative estimate of drug-likeness (QED) is 0.748. The van der Waals surface area contributed by atoms with Crippen molar-refractivity contribution >= 4 is 28.3 Å². The van der Waals surface area contributed by atoms with Gasteiger partial charge in [0.25, 0.3) is 5.91 Å². The molecule has 138 valence electrons. The van der Waals surface area contributed by atoms with Gasteiger partial charge in [-0.25, -0.2) is 4.98 Å². The minimum atomic E-state index is -0.533. The Bertz CT molecular complexity index is 950. The number of aromatic nitrogens is 2. The van der Waals surface area contributed by atoms with Gasteiger partial charge >= 0.3 is 0 Å². The molecule has 0 bridgehead atoms. The molecule has 8 heteroatoms. The third-order valence-corrected chi connectivity index (χ3v) is 5.24. The Morgan fingerprint density at radius 2 is 2.11 bits per heavy atom. The molecule has 0 saturated carbocycles. The van der Waals surface area contributed by atoms with Gasteiger partial charge in [0.2, 0.25) is 11.7 Å². The van der Waals surface area contributed by atoms with Crippen LogP contribution in [-0.2, 0) is 4.79 Å². The molecule has 3 heterocycles. The fourth-order valence-electron chi connectivity index (χ4n) is 3.13. The van der Waals surface area contributed by atoms with Crippen molar-refractivity contribution < 1.29 is 14.1 Å². The smallest absolute Gasteiger partial charge is 0.293 e. The van der Waals surface area contributed by atoms with Crippen LogP contribution in [0.3, 0.4) is 0 Å². The zero-order valence-electron chi connectivity index (χ0n) is 14.7. The fourth-order valence-corrected chi connectivity index (χ4v) is 3.67. The number of thiazole rings is 1. The Kier molecular flexibility index (Phi) is 4.72. The molecular weight excluding hydrogens is 364 g/mol. The second-order valence-corrected chi connectivity index (χ2v) is 7.32. The van der Waals surface area contributed by atoms with Gasteiger partial charge in [-0.15, -0.1) is 11.3 Å². The highest BCUT2D eigenvalue weighted by Crippen LogP contribution is 2.25. The van der Waals surface area contributed by atoms with E-state index in [1.54, 1.807) is 22.5 Å². The predicted molar refractivity (Wildman–Crippen MR) is 101 cm³/mol. The molecule has 0 unspecified atom stereocenters. The number of benzene rings is 1. The first-order chi connectivity index (χ1) is 13.1. The van der Waals surface area contributed by atoms with Crippen LogP contribution in [0.5, 0.6) is 0 Å². The number of nitrogens with one attached hydrogen (secondary N) is 1. The van der Waals surface area contributed by atoms with E-state index in [9.17, 15) is 9.59 Å². The summed E-state index contributed by atoms with van der Waals surface area (Å²) < 4.78 is 5.27. The number of anilines is 1. The average Bonchev–Trinajstić information content (AvgIpc) is 3.42. The van der Waals surface area contributed by atoms with Crippen LogP contribution in [0, 0.1) is 6.92 Å². The Balaban J connectivity index is 1.50. The Morgan fingerprint density at radius 1 is 1.30 bits per heavy atom. The average molecular weight is 382 g/mol. The van der Waals surface area contributed by atoms with Crippen LogP contribution < -0.4 is 5.32 Å². The number of hydrogen-bond acceptors (Lipinski definition) is 6. The minimum absolute atomic E-state index is 0.138. The van der Waals surface area contributed by atoms with Gasteiger partial charge in [-0.2, -0.15) is 0 Å². The molecule has 1 N–H and O–H groups in total. The third kappa shape index (κ3) is 3.61. The Labute approximate surface area is 160 Å². The molecule has 27 heavy (non-hydrogen) atoms. The van der Waals surface area contributed by atoms with E-state index < -0.39 is 6.04 Å². The lowest BCUT2D eigenvalue weighted by atomic mass is 10.1. The van der Waals surface area contributed by atoms with E-state index in [-0.39, 0.29) is 17.6 Å². The monoisotopic (exact) mass is 382 g/mol. The summed E-state index contributed by atoms with van der Waals surface area (Å²) in [5.41, 5.74) is 2.62. The standard InChI is InChI=1S/C19H18N4O3S/c1-12-4-6-13(7-5-12)14-11-16(26-22-14)18(25)23-9-2-3-15(23)17(24)21-19-20-8-10-27-19/h4-8,10-11,15H,2-3,9H2,1H3,(H,20,21,24)/t15-/m1/s1. The van der Waals surface area contributed by atoms with Gasteiger partial charge in [-0.05, 0) is 19.8 Å². The SMILES string of the molecule is Cc1ccc(-c2cc(C(=O)N3CCC[C@@H]3C(=O)Nc3nccs3)on2)cc1. The van der Waals surface area contributed by atoms with Crippen LogP contribution in [0.4, 0.5) is 5.13 Å². The van der Waals surface area contributed by atoms with Crippen LogP contribution in [-0.4, -0.2) is 39.4 Å². The zero-order chi connectivity index (χ0) is 18.8. The zero-order valence-corrected chi connectivity index (χ0v) is 15.5. The first kappa shape index (κ1) is 17.4. The van der Waals surface area contributed by atoms with Crippen molar-refractivity contribution in [3.8, 4) is 11.3 Å². The molecular formula is C19H18N4O3S. The van der Waals surface area contributed by atoms with Gasteiger partial charge in [-0.3, -0.25) is 9.59 Å². The highest BCUT2D eigenvalue weighted by molar-refractivity contribution is 7.13. The van der Waals surface area contributed by atoms with Crippen LogP contribution >= 0.6 is 11.3 Å². The first-order valence-corrected chi connectivity index (χ1v) is 9.55. The van der Waals surface area contributed by atoms with Crippen molar-refractivity contribution in [1.29, 1.82) is 0 Å². The summed E-state index contributed by atoms with van der Waals surface area (Å²) in [5, 5.41) is 9.09. The van der Waals surface area contributed by atoms with Crippen molar-refractivity contribution in [3.05, 3.63) is 53.2 Å². The number of aryl methyl sites for hydroxylation is 1. The molecule has 0 radical (unpaired) electrons. The number of carbonyl (C=O) groups excluding carboxylic acids is 2. The third-order valence-electron chi connectivity index (χ3n) is 4.55. The van der Waals surface area contributed by atoms with Crippen molar-refractivity contribution in [2.75, 3.05) is 11.9 Å². The lowest BCUT2D eigenvalue weighted by Gasteiger charge is -2.22. The van der Waals surface area contributed by atoms with Gasteiger partial charge in [0.05, 0.1) is 0 Å². The van der Waals surface area contributed by atoms with Crippen molar-refractivity contribution in [1.82, 2.24) is 15.0 Å². The van der Waals surface area contributed by atoms with Gasteiger partial charge in [0.1, 0.15) is 11.7 Å². The molecule has 0 spiro atoms. The molecule has 2 aromatic heterocycles. The molecule has 1 atom stereocenters. The molecule has 1 saturated heterocycles. The summed E-state index contributed by atoms with van der Waals surface area (Å²) in [4.78, 5) is 31.0. The molecule has 0 aliphatic carbocycles. The molecule has 7 nitrogen and oxygen atoms in total. The minimum Gasteiger partial charge on any atom is -0.350 e. The second kappa shape index (κ2) is 7.32. The van der Waals surface area contributed by atoms with Gasteiger partial charge in [-0.1, -0.05) is 35.0 Å². The highest BCUT2D eigenvalue weighted by Gasteiger charge is 2.36. The van der Waals surface area contributed by atoms with E-state index in [0.717, 1.165) is 17.5 Å². The number of nitrogens with zero attached hydrogens (tertiary/aromatic N) is 3. The maximum atomic E-state index is 12.9. The molecule has 1 aliphatic heterocycles. The Morgan fingerprint density at radius 3 is 2.85 bits per heavy atom. The van der Waals surface area contributed by atoms with Gasteiger partial charge < -0.3 is 14.7 Å². The number of likely N-dealkylation sites (tertiary alicyclic amines) is 1. The number of hydrogen-bond donors (Lipinski definition) is 1. The van der Waals surface area contributed by atoms with E-state index in [2.05, 4.69) is 15.5 Å². The van der Waals surface area contributed by atoms with E-state index >= 15 is 0 Å². The maximum Gasteiger partial charge on any atom is 0.293 e. The summed E-state index contributed by atoms with van der Waals surface area (Å²) in [6.45, 7) is 2.52. The van der Waals surface area contributed by atoms with Crippen LogP contribution in [0.2, 0.25) is 0 Å². The van der Waals surface area contributed by atoms with Crippen LogP contribution in [0.15, 0.2) is 46.4 Å². The van der Waals surface area contributed by atoms with E-state index in [4.69, 9.17) is 4.52 Å². The summed E-state index contributed by atoms with van der Waals surface area (Å²) in [7, 11) is 0. The molecule has 1 aliphatic rings. The summed E-state index contributed by atoms with van der Waals surface area (Å²) in [5.74, 6) is -0.411. The highest BCUT2D eigenvalue weighted by atomic mass is 32.1. The summed E-state index contributed by atoms with van der Waals surface area (Å²) >= 11 is 1.34. The number of rotatable bonds is 4. The molecule has 1 aromatic carbocycles. The van der Waals surface area contributed by atoms with E-state index in [1.807, 2.05) is 31.2 Å². The van der Waals surface area contributed by atoms with E-state index in [0.29, 0.717) is 23.8 Å². The summed E-state index contributed by atoms with van der Waals surface area (Å²) in [6, 6.07) is 8.91. The predicted octanol–water partition coefficient (Wildman–Crippen LogP) is 3.35. The van der Waals surface area contributed by atoms with Crippen LogP contribution in [0.25, 0.3) is 11.3 Å². The molecule has 3 aromatic rings. The number of amides is 2. The molecule has 1 fully saturated rings. The van der Waals surface area contributed by atoms with Gasteiger partial charge in [0, 0.05) is 29.8 Å². The van der Waals surface area contributed by atoms with Crippen molar-refractivity contribution in [2.24, 2.45) is 0 Å². The maximum absolute atomic E-state index is 12.9. The number of carbonyl (C=O) groups is 2. The second-order valence-electron chi connectivity index (χ2n) is 6.43. The summed E-state index contributed by atoms with van der Waals surface area (Å²) in [6.07, 6.45) is 3.00. The van der Waals surface area contributed by atoms with Crippen LogP contribution in [0.1, 0.15) is 29.0 Å². The van der Waals surface area contributed by atoms with E-state index in [1.165, 1.54) is 11.3 Å². The topological polar surface area (TPSA) is 88.3 Å². The molecule has 2 amide bonds. The lowest BCUT2D eigenvalue weighted by molar-refractivity contribution is -0.119. The Hall–Kier alpha value is -3.00. The van der Waals surface area contributed by atoms with Crippen molar-refractivity contribution in [2.45, 2.75) is 25.8 Å². The molecule has 4 rings (SSSR count). The van der Waals surface area contributed by atoms with Crippen molar-refractivity contribution in [3.63, 3.8) is 0 Å².